The number of hydrogen-bond acceptors (Lipinski definition) is 3. The Balaban J connectivity index is 2.22. The first kappa shape index (κ1) is 13.9. The SMILES string of the molecule is CCn1cncc1COc1c(Cl)cc(Cl)cc1C=O. The molecule has 0 fully saturated rings. The highest BCUT2D eigenvalue weighted by Crippen LogP contribution is 2.32. The smallest absolute Gasteiger partial charge is 0.153 e. The van der Waals surface area contributed by atoms with Crippen LogP contribution in [0.25, 0.3) is 0 Å². The van der Waals surface area contributed by atoms with E-state index in [9.17, 15) is 4.79 Å². The topological polar surface area (TPSA) is 44.1 Å². The van der Waals surface area contributed by atoms with Crippen molar-refractivity contribution in [1.82, 2.24) is 9.55 Å². The molecule has 100 valence electrons. The third-order valence-electron chi connectivity index (χ3n) is 2.67. The van der Waals surface area contributed by atoms with Crippen LogP contribution in [0.3, 0.4) is 0 Å². The van der Waals surface area contributed by atoms with Crippen LogP contribution in [0.5, 0.6) is 5.75 Å². The van der Waals surface area contributed by atoms with Crippen LogP contribution in [0.1, 0.15) is 23.0 Å². The van der Waals surface area contributed by atoms with Crippen molar-refractivity contribution >= 4 is 29.5 Å². The molecule has 2 aromatic rings. The fraction of sp³-hybridized carbons (Fsp3) is 0.231. The van der Waals surface area contributed by atoms with Crippen molar-refractivity contribution < 1.29 is 9.53 Å². The molecule has 0 aliphatic rings. The molecule has 0 bridgehead atoms. The average molecular weight is 299 g/mol. The van der Waals surface area contributed by atoms with Crippen molar-refractivity contribution in [3.8, 4) is 5.75 Å². The molecule has 1 heterocycles. The van der Waals surface area contributed by atoms with E-state index >= 15 is 0 Å². The zero-order valence-electron chi connectivity index (χ0n) is 10.3. The zero-order valence-corrected chi connectivity index (χ0v) is 11.8. The molecule has 4 nitrogen and oxygen atoms in total. The third kappa shape index (κ3) is 3.08. The summed E-state index contributed by atoms with van der Waals surface area (Å²) in [6.45, 7) is 3.10. The van der Waals surface area contributed by atoms with Gasteiger partial charge in [-0.05, 0) is 19.1 Å². The monoisotopic (exact) mass is 298 g/mol. The number of benzene rings is 1. The van der Waals surface area contributed by atoms with Crippen molar-refractivity contribution in [1.29, 1.82) is 0 Å². The van der Waals surface area contributed by atoms with E-state index in [0.717, 1.165) is 12.2 Å². The van der Waals surface area contributed by atoms with E-state index in [1.165, 1.54) is 6.07 Å². The maximum Gasteiger partial charge on any atom is 0.153 e. The van der Waals surface area contributed by atoms with E-state index in [1.807, 2.05) is 11.5 Å². The minimum absolute atomic E-state index is 0.288. The molecule has 2 rings (SSSR count). The Labute approximate surface area is 120 Å². The van der Waals surface area contributed by atoms with Gasteiger partial charge in [-0.2, -0.15) is 0 Å². The van der Waals surface area contributed by atoms with Gasteiger partial charge in [0.1, 0.15) is 12.4 Å². The van der Waals surface area contributed by atoms with E-state index in [1.54, 1.807) is 18.6 Å². The van der Waals surface area contributed by atoms with Crippen LogP contribution in [-0.2, 0) is 13.2 Å². The molecule has 1 aromatic heterocycles. The second-order valence-corrected chi connectivity index (χ2v) is 4.73. The zero-order chi connectivity index (χ0) is 13.8. The highest BCUT2D eigenvalue weighted by atomic mass is 35.5. The maximum atomic E-state index is 11.0. The second kappa shape index (κ2) is 6.08. The van der Waals surface area contributed by atoms with E-state index in [0.29, 0.717) is 27.6 Å². The molecule has 6 heteroatoms. The number of halogens is 2. The first-order valence-corrected chi connectivity index (χ1v) is 6.47. The fourth-order valence-corrected chi connectivity index (χ4v) is 2.28. The van der Waals surface area contributed by atoms with Gasteiger partial charge < -0.3 is 9.30 Å². The number of carbonyl (C=O) groups excluding carboxylic acids is 1. The molecular formula is C13H12Cl2N2O2. The summed E-state index contributed by atoms with van der Waals surface area (Å²) in [6, 6.07) is 3.06. The standard InChI is InChI=1S/C13H12Cl2N2O2/c1-2-17-8-16-5-11(17)7-19-13-9(6-18)3-10(14)4-12(13)15/h3-6,8H,2,7H2,1H3. The van der Waals surface area contributed by atoms with Crippen LogP contribution < -0.4 is 4.74 Å². The Kier molecular flexibility index (Phi) is 4.45. The van der Waals surface area contributed by atoms with Crippen molar-refractivity contribution in [2.45, 2.75) is 20.1 Å². The quantitative estimate of drug-likeness (QED) is 0.792. The number of aromatic nitrogens is 2. The normalized spacial score (nSPS) is 10.5. The summed E-state index contributed by atoms with van der Waals surface area (Å²) in [5.74, 6) is 0.338. The van der Waals surface area contributed by atoms with Gasteiger partial charge in [-0.1, -0.05) is 23.2 Å². The molecule has 0 unspecified atom stereocenters. The number of rotatable bonds is 5. The Hall–Kier alpha value is -1.52. The van der Waals surface area contributed by atoms with Crippen LogP contribution in [0.2, 0.25) is 10.0 Å². The average Bonchev–Trinajstić information content (AvgIpc) is 2.84. The predicted octanol–water partition coefficient (Wildman–Crippen LogP) is 3.60. The van der Waals surface area contributed by atoms with Crippen LogP contribution >= 0.6 is 23.2 Å². The van der Waals surface area contributed by atoms with Gasteiger partial charge in [-0.3, -0.25) is 4.79 Å². The molecule has 0 amide bonds. The highest BCUT2D eigenvalue weighted by molar-refractivity contribution is 6.36. The Bertz CT molecular complexity index is 596. The number of ether oxygens (including phenoxy) is 1. The lowest BCUT2D eigenvalue weighted by atomic mass is 10.2. The number of hydrogen-bond donors (Lipinski definition) is 0. The van der Waals surface area contributed by atoms with Gasteiger partial charge >= 0.3 is 0 Å². The molecule has 0 saturated carbocycles. The third-order valence-corrected chi connectivity index (χ3v) is 3.17. The molecule has 0 aliphatic carbocycles. The first-order valence-electron chi connectivity index (χ1n) is 5.71. The lowest BCUT2D eigenvalue weighted by molar-refractivity contribution is 0.111. The van der Waals surface area contributed by atoms with Crippen molar-refractivity contribution in [3.05, 3.63) is 46.0 Å². The maximum absolute atomic E-state index is 11.0. The van der Waals surface area contributed by atoms with Crippen LogP contribution in [0.4, 0.5) is 0 Å². The molecule has 19 heavy (non-hydrogen) atoms. The molecule has 0 spiro atoms. The van der Waals surface area contributed by atoms with Crippen LogP contribution in [0, 0.1) is 0 Å². The lowest BCUT2D eigenvalue weighted by Gasteiger charge is -2.11. The van der Waals surface area contributed by atoms with Gasteiger partial charge in [-0.15, -0.1) is 0 Å². The fourth-order valence-electron chi connectivity index (χ4n) is 1.72. The largest absolute Gasteiger partial charge is 0.485 e. The summed E-state index contributed by atoms with van der Waals surface area (Å²) in [7, 11) is 0. The summed E-state index contributed by atoms with van der Waals surface area (Å²) in [6.07, 6.45) is 4.11. The highest BCUT2D eigenvalue weighted by Gasteiger charge is 2.11. The van der Waals surface area contributed by atoms with Gasteiger partial charge in [0, 0.05) is 11.6 Å². The minimum atomic E-state index is 0.288. The molecular weight excluding hydrogens is 287 g/mol. The van der Waals surface area contributed by atoms with E-state index < -0.39 is 0 Å². The van der Waals surface area contributed by atoms with Gasteiger partial charge in [0.2, 0.25) is 0 Å². The van der Waals surface area contributed by atoms with E-state index in [4.69, 9.17) is 27.9 Å². The van der Waals surface area contributed by atoms with E-state index in [2.05, 4.69) is 4.98 Å². The van der Waals surface area contributed by atoms with Gasteiger partial charge in [0.05, 0.1) is 28.8 Å². The molecule has 1 aromatic carbocycles. The summed E-state index contributed by atoms with van der Waals surface area (Å²) >= 11 is 11.9. The lowest BCUT2D eigenvalue weighted by Crippen LogP contribution is -2.05. The van der Waals surface area contributed by atoms with Crippen LogP contribution in [0.15, 0.2) is 24.7 Å². The first-order chi connectivity index (χ1) is 9.15. The molecule has 0 atom stereocenters. The predicted molar refractivity (Wildman–Crippen MR) is 74.1 cm³/mol. The molecule has 0 N–H and O–H groups in total. The summed E-state index contributed by atoms with van der Waals surface area (Å²) in [5, 5.41) is 0.718. The minimum Gasteiger partial charge on any atom is -0.485 e. The van der Waals surface area contributed by atoms with Crippen molar-refractivity contribution in [2.75, 3.05) is 0 Å². The molecule has 0 aliphatic heterocycles. The number of aryl methyl sites for hydroxylation is 1. The molecule has 0 saturated heterocycles. The second-order valence-electron chi connectivity index (χ2n) is 3.88. The Morgan fingerprint density at radius 2 is 2.21 bits per heavy atom. The van der Waals surface area contributed by atoms with Crippen molar-refractivity contribution in [3.63, 3.8) is 0 Å². The van der Waals surface area contributed by atoms with Gasteiger partial charge in [0.25, 0.3) is 0 Å². The summed E-state index contributed by atoms with van der Waals surface area (Å²) < 4.78 is 7.57. The number of carbonyl (C=O) groups is 1. The molecule has 0 radical (unpaired) electrons. The van der Waals surface area contributed by atoms with Gasteiger partial charge in [0.15, 0.2) is 6.29 Å². The van der Waals surface area contributed by atoms with Gasteiger partial charge in [-0.25, -0.2) is 4.98 Å². The van der Waals surface area contributed by atoms with E-state index in [-0.39, 0.29) is 6.61 Å². The van der Waals surface area contributed by atoms with Crippen molar-refractivity contribution in [2.24, 2.45) is 0 Å². The Morgan fingerprint density at radius 1 is 1.42 bits per heavy atom. The number of nitrogens with zero attached hydrogens (tertiary/aromatic N) is 2. The number of aldehydes is 1. The summed E-state index contributed by atoms with van der Waals surface area (Å²) in [5.41, 5.74) is 1.24. The summed E-state index contributed by atoms with van der Waals surface area (Å²) in [4.78, 5) is 15.0. The van der Waals surface area contributed by atoms with Crippen LogP contribution in [-0.4, -0.2) is 15.8 Å². The number of imidazole rings is 1. The Morgan fingerprint density at radius 3 is 2.89 bits per heavy atom.